The quantitative estimate of drug-likeness (QED) is 0.111. The van der Waals surface area contributed by atoms with Gasteiger partial charge in [0.05, 0.1) is 0 Å². The summed E-state index contributed by atoms with van der Waals surface area (Å²) in [5.74, 6) is -0.312. The molecule has 0 saturated carbocycles. The van der Waals surface area contributed by atoms with Crippen LogP contribution in [0.15, 0.2) is 0 Å². The van der Waals surface area contributed by atoms with Crippen molar-refractivity contribution in [1.82, 2.24) is 10.2 Å². The van der Waals surface area contributed by atoms with Crippen molar-refractivity contribution in [1.29, 1.82) is 0 Å². The molecule has 8 heteroatoms. The van der Waals surface area contributed by atoms with Crippen molar-refractivity contribution in [2.24, 2.45) is 0 Å². The van der Waals surface area contributed by atoms with Gasteiger partial charge in [-0.1, -0.05) is 77.6 Å². The minimum Gasteiger partial charge on any atom is -0.360 e. The summed E-state index contributed by atoms with van der Waals surface area (Å²) in [6.07, 6.45) is 18.3. The highest BCUT2D eigenvalue weighted by atomic mass is 31.1. The van der Waals surface area contributed by atoms with Crippen molar-refractivity contribution in [3.63, 3.8) is 0 Å². The topological polar surface area (TPSA) is 104 Å². The summed E-state index contributed by atoms with van der Waals surface area (Å²) in [4.78, 5) is 61.5. The maximum absolute atomic E-state index is 12.5. The maximum Gasteiger partial charge on any atom is 0.217 e. The summed E-state index contributed by atoms with van der Waals surface area (Å²) >= 11 is 0. The lowest BCUT2D eigenvalue weighted by molar-refractivity contribution is -0.122. The Bertz CT molecular complexity index is 667. The summed E-state index contributed by atoms with van der Waals surface area (Å²) in [7, 11) is -2.40. The maximum atomic E-state index is 12.5. The Morgan fingerprint density at radius 1 is 0.757 bits per heavy atom. The Morgan fingerprint density at radius 2 is 1.30 bits per heavy atom. The lowest BCUT2D eigenvalue weighted by Gasteiger charge is -2.18. The molecular formula is C29H53N2O5P. The van der Waals surface area contributed by atoms with Crippen LogP contribution >= 0.6 is 8.15 Å². The zero-order valence-corrected chi connectivity index (χ0v) is 24.5. The summed E-state index contributed by atoms with van der Waals surface area (Å²) < 4.78 is 0. The molecule has 2 N–H and O–H groups in total. The molecule has 1 amide bonds. The van der Waals surface area contributed by atoms with E-state index >= 15 is 0 Å². The van der Waals surface area contributed by atoms with Gasteiger partial charge in [0.2, 0.25) is 5.91 Å². The Labute approximate surface area is 226 Å². The third-order valence-corrected chi connectivity index (χ3v) is 8.50. The molecule has 0 radical (unpaired) electrons. The molecule has 0 aromatic heterocycles. The molecular weight excluding hydrogens is 487 g/mol. The summed E-state index contributed by atoms with van der Waals surface area (Å²) in [5, 5.41) is 2.66. The van der Waals surface area contributed by atoms with E-state index in [1.807, 2.05) is 0 Å². The van der Waals surface area contributed by atoms with Gasteiger partial charge in [-0.15, -0.1) is 0 Å². The summed E-state index contributed by atoms with van der Waals surface area (Å²) in [5.41, 5.74) is -0.971. The molecule has 214 valence electrons. The highest BCUT2D eigenvalue weighted by Gasteiger charge is 2.28. The number of carbonyl (C=O) groups is 4. The second-order valence-corrected chi connectivity index (χ2v) is 12.4. The van der Waals surface area contributed by atoms with Gasteiger partial charge in [-0.2, -0.15) is 0 Å². The molecule has 37 heavy (non-hydrogen) atoms. The van der Waals surface area contributed by atoms with Crippen LogP contribution in [-0.4, -0.2) is 58.2 Å². The number of rotatable bonds is 24. The van der Waals surface area contributed by atoms with E-state index in [0.717, 1.165) is 38.9 Å². The van der Waals surface area contributed by atoms with E-state index in [9.17, 15) is 24.1 Å². The molecule has 0 spiro atoms. The van der Waals surface area contributed by atoms with Crippen LogP contribution in [0, 0.1) is 0 Å². The number of Topliss-reactive ketones (excluding diaryl/α,β-unsaturated/α-hetero) is 1. The van der Waals surface area contributed by atoms with Gasteiger partial charge in [-0.25, -0.2) is 0 Å². The number of likely N-dealkylation sites (tertiary alicyclic amines) is 1. The fourth-order valence-corrected chi connectivity index (χ4v) is 6.05. The highest BCUT2D eigenvalue weighted by Crippen LogP contribution is 2.36. The highest BCUT2D eigenvalue weighted by molar-refractivity contribution is 7.84. The average Bonchev–Trinajstić information content (AvgIpc) is 3.37. The minimum absolute atomic E-state index is 0.0119. The van der Waals surface area contributed by atoms with Crippen LogP contribution in [0.4, 0.5) is 0 Å². The Balaban J connectivity index is 2.21. The average molecular weight is 541 g/mol. The molecule has 0 aromatic carbocycles. The Kier molecular flexibility index (Phi) is 19.9. The van der Waals surface area contributed by atoms with Gasteiger partial charge in [-0.3, -0.25) is 19.2 Å². The first-order valence-electron chi connectivity index (χ1n) is 14.9. The van der Waals surface area contributed by atoms with Crippen LogP contribution in [0.2, 0.25) is 0 Å². The molecule has 1 heterocycles. The lowest BCUT2D eigenvalue weighted by atomic mass is 10.0. The Morgan fingerprint density at radius 3 is 1.84 bits per heavy atom. The number of carbonyl (C=O) groups excluding carboxylic acids is 4. The van der Waals surface area contributed by atoms with Gasteiger partial charge in [0.15, 0.2) is 19.2 Å². The molecule has 0 aliphatic carbocycles. The van der Waals surface area contributed by atoms with Crippen molar-refractivity contribution >= 4 is 30.9 Å². The van der Waals surface area contributed by atoms with E-state index in [4.69, 9.17) is 0 Å². The number of nitrogens with one attached hydrogen (secondary N) is 1. The standard InChI is InChI=1S/C29H53N2O5P/c1-3-4-5-6-7-8-9-10-11-12-13-14-18-27(33)23-26(30-25(2)32)24-29(35)37(36)28(34)19-17-22-31-20-15-16-21-31/h26,36H,3-24H2,1-2H3,(H,30,32). The largest absolute Gasteiger partial charge is 0.360 e. The van der Waals surface area contributed by atoms with E-state index in [1.54, 1.807) is 0 Å². The Hall–Kier alpha value is -1.17. The van der Waals surface area contributed by atoms with Crippen molar-refractivity contribution in [3.05, 3.63) is 0 Å². The van der Waals surface area contributed by atoms with Crippen molar-refractivity contribution in [2.45, 2.75) is 142 Å². The van der Waals surface area contributed by atoms with E-state index in [1.165, 1.54) is 77.6 Å². The molecule has 0 aromatic rings. The first-order chi connectivity index (χ1) is 17.8. The third-order valence-electron chi connectivity index (χ3n) is 7.15. The van der Waals surface area contributed by atoms with Crippen LogP contribution in [0.1, 0.15) is 136 Å². The molecule has 1 saturated heterocycles. The fourth-order valence-electron chi connectivity index (χ4n) is 5.00. The number of nitrogens with zero attached hydrogens (tertiary/aromatic N) is 1. The number of ketones is 1. The summed E-state index contributed by atoms with van der Waals surface area (Å²) in [6.45, 7) is 6.49. The second-order valence-electron chi connectivity index (χ2n) is 10.7. The van der Waals surface area contributed by atoms with E-state index in [-0.39, 0.29) is 31.0 Å². The first kappa shape index (κ1) is 33.9. The molecule has 2 atom stereocenters. The molecule has 1 aliphatic heterocycles. The van der Waals surface area contributed by atoms with Crippen molar-refractivity contribution in [3.8, 4) is 0 Å². The first-order valence-corrected chi connectivity index (χ1v) is 16.2. The zero-order chi connectivity index (χ0) is 27.3. The number of amides is 1. The minimum atomic E-state index is -2.40. The van der Waals surface area contributed by atoms with Crippen LogP contribution < -0.4 is 5.32 Å². The normalized spacial score (nSPS) is 15.4. The second kappa shape index (κ2) is 21.7. The van der Waals surface area contributed by atoms with Gasteiger partial charge in [0.25, 0.3) is 0 Å². The molecule has 1 rings (SSSR count). The number of hydrogen-bond acceptors (Lipinski definition) is 6. The molecule has 7 nitrogen and oxygen atoms in total. The fraction of sp³-hybridized carbons (Fsp3) is 0.862. The van der Waals surface area contributed by atoms with Gasteiger partial charge in [0, 0.05) is 38.6 Å². The van der Waals surface area contributed by atoms with Crippen LogP contribution in [-0.2, 0) is 19.2 Å². The zero-order valence-electron chi connectivity index (χ0n) is 23.6. The van der Waals surface area contributed by atoms with Gasteiger partial charge >= 0.3 is 0 Å². The van der Waals surface area contributed by atoms with E-state index < -0.39 is 25.2 Å². The molecule has 1 fully saturated rings. The smallest absolute Gasteiger partial charge is 0.217 e. The predicted octanol–water partition coefficient (Wildman–Crippen LogP) is 6.25. The van der Waals surface area contributed by atoms with E-state index in [2.05, 4.69) is 17.1 Å². The number of hydrogen-bond donors (Lipinski definition) is 2. The van der Waals surface area contributed by atoms with Gasteiger partial charge < -0.3 is 15.1 Å². The number of unbranched alkanes of at least 4 members (excludes halogenated alkanes) is 11. The van der Waals surface area contributed by atoms with Crippen molar-refractivity contribution in [2.75, 3.05) is 19.6 Å². The molecule has 2 unspecified atom stereocenters. The van der Waals surface area contributed by atoms with Crippen LogP contribution in [0.3, 0.4) is 0 Å². The van der Waals surface area contributed by atoms with Crippen LogP contribution in [0.25, 0.3) is 0 Å². The molecule has 1 aliphatic rings. The summed E-state index contributed by atoms with van der Waals surface area (Å²) in [6, 6.07) is -0.663. The predicted molar refractivity (Wildman–Crippen MR) is 152 cm³/mol. The SMILES string of the molecule is CCCCCCCCCCCCCCC(=O)CC(CC(=O)P(O)C(=O)CCCN1CCCC1)NC(C)=O. The van der Waals surface area contributed by atoms with Crippen LogP contribution in [0.5, 0.6) is 0 Å². The van der Waals surface area contributed by atoms with Crippen molar-refractivity contribution < 1.29 is 24.1 Å². The molecule has 0 bridgehead atoms. The van der Waals surface area contributed by atoms with E-state index in [0.29, 0.717) is 12.8 Å². The lowest BCUT2D eigenvalue weighted by Crippen LogP contribution is -2.36. The monoisotopic (exact) mass is 540 g/mol. The third kappa shape index (κ3) is 17.9. The van der Waals surface area contributed by atoms with Gasteiger partial charge in [0.1, 0.15) is 5.78 Å². The van der Waals surface area contributed by atoms with Gasteiger partial charge in [-0.05, 0) is 45.3 Å².